The molecule has 0 N–H and O–H groups in total. The van der Waals surface area contributed by atoms with Gasteiger partial charge in [0.1, 0.15) is 17.3 Å². The molecule has 4 heteroatoms. The van der Waals surface area contributed by atoms with Crippen LogP contribution in [0.5, 0.6) is 5.75 Å². The van der Waals surface area contributed by atoms with E-state index in [1.807, 2.05) is 66.7 Å². The minimum absolute atomic E-state index is 0.112. The molecular formula is C20H18N2O2. The predicted octanol–water partition coefficient (Wildman–Crippen LogP) is 3.62. The summed E-state index contributed by atoms with van der Waals surface area (Å²) in [6.07, 6.45) is 5.57. The van der Waals surface area contributed by atoms with E-state index >= 15 is 0 Å². The topological polar surface area (TPSA) is 41.9 Å². The van der Waals surface area contributed by atoms with E-state index in [0.717, 1.165) is 16.9 Å². The number of amides is 1. The molecule has 0 spiro atoms. The molecule has 24 heavy (non-hydrogen) atoms. The molecule has 3 rings (SSSR count). The van der Waals surface area contributed by atoms with E-state index in [2.05, 4.69) is 4.99 Å². The minimum atomic E-state index is -0.112. The number of hydrogen-bond acceptors (Lipinski definition) is 3. The zero-order valence-corrected chi connectivity index (χ0v) is 13.6. The van der Waals surface area contributed by atoms with E-state index in [9.17, 15) is 4.79 Å². The van der Waals surface area contributed by atoms with Gasteiger partial charge in [0.15, 0.2) is 0 Å². The molecular weight excluding hydrogens is 300 g/mol. The maximum atomic E-state index is 12.3. The van der Waals surface area contributed by atoms with Gasteiger partial charge in [0.2, 0.25) is 0 Å². The maximum Gasteiger partial charge on any atom is 0.277 e. The van der Waals surface area contributed by atoms with E-state index in [0.29, 0.717) is 11.5 Å². The minimum Gasteiger partial charge on any atom is -0.497 e. The van der Waals surface area contributed by atoms with E-state index in [1.165, 1.54) is 0 Å². The lowest BCUT2D eigenvalue weighted by Gasteiger charge is -2.07. The Labute approximate surface area is 141 Å². The highest BCUT2D eigenvalue weighted by Gasteiger charge is 2.24. The lowest BCUT2D eigenvalue weighted by molar-refractivity contribution is -0.121. The molecule has 120 valence electrons. The highest BCUT2D eigenvalue weighted by atomic mass is 16.5. The molecule has 2 aromatic rings. The van der Waals surface area contributed by atoms with Crippen LogP contribution in [-0.4, -0.2) is 30.8 Å². The monoisotopic (exact) mass is 318 g/mol. The highest BCUT2D eigenvalue weighted by molar-refractivity contribution is 6.18. The highest BCUT2D eigenvalue weighted by Crippen LogP contribution is 2.19. The number of methoxy groups -OCH3 is 1. The zero-order chi connectivity index (χ0) is 16.9. The normalized spacial score (nSPS) is 16.1. The van der Waals surface area contributed by atoms with Crippen molar-refractivity contribution in [2.24, 2.45) is 4.99 Å². The van der Waals surface area contributed by atoms with Crippen molar-refractivity contribution in [2.45, 2.75) is 0 Å². The SMILES string of the molecule is COc1ccc(/C=C2/N=C(C=Cc3ccccc3)N(C)C2=O)cc1. The van der Waals surface area contributed by atoms with Crippen LogP contribution < -0.4 is 4.74 Å². The lowest BCUT2D eigenvalue weighted by atomic mass is 10.2. The summed E-state index contributed by atoms with van der Waals surface area (Å²) < 4.78 is 5.14. The van der Waals surface area contributed by atoms with Crippen molar-refractivity contribution in [2.75, 3.05) is 14.2 Å². The first-order chi connectivity index (χ1) is 11.7. The van der Waals surface area contributed by atoms with Crippen LogP contribution in [0, 0.1) is 0 Å². The third-order valence-corrected chi connectivity index (χ3v) is 3.75. The molecule has 0 saturated heterocycles. The molecule has 1 heterocycles. The molecule has 0 radical (unpaired) electrons. The van der Waals surface area contributed by atoms with Gasteiger partial charge in [-0.1, -0.05) is 48.5 Å². The molecule has 0 atom stereocenters. The molecule has 4 nitrogen and oxygen atoms in total. The fourth-order valence-corrected chi connectivity index (χ4v) is 2.36. The standard InChI is InChI=1S/C20H18N2O2/c1-22-19(13-10-15-6-4-3-5-7-15)21-18(20(22)23)14-16-8-11-17(24-2)12-9-16/h3-14H,1-2H3/b13-10?,18-14+. The van der Waals surface area contributed by atoms with Crippen molar-refractivity contribution in [3.63, 3.8) is 0 Å². The summed E-state index contributed by atoms with van der Waals surface area (Å²) in [6.45, 7) is 0. The number of hydrogen-bond donors (Lipinski definition) is 0. The summed E-state index contributed by atoms with van der Waals surface area (Å²) in [5.41, 5.74) is 2.40. The molecule has 0 aromatic heterocycles. The molecule has 0 unspecified atom stereocenters. The van der Waals surface area contributed by atoms with Crippen molar-refractivity contribution >= 4 is 23.9 Å². The molecule has 0 bridgehead atoms. The van der Waals surface area contributed by atoms with Gasteiger partial charge in [-0.3, -0.25) is 9.69 Å². The van der Waals surface area contributed by atoms with Gasteiger partial charge in [0, 0.05) is 7.05 Å². The van der Waals surface area contributed by atoms with Crippen molar-refractivity contribution in [3.05, 3.63) is 77.5 Å². The number of carbonyl (C=O) groups excluding carboxylic acids is 1. The third kappa shape index (κ3) is 3.43. The third-order valence-electron chi connectivity index (χ3n) is 3.75. The lowest BCUT2D eigenvalue weighted by Crippen LogP contribution is -2.26. The van der Waals surface area contributed by atoms with Crippen LogP contribution in [-0.2, 0) is 4.79 Å². The van der Waals surface area contributed by atoms with Gasteiger partial charge in [-0.05, 0) is 35.4 Å². The van der Waals surface area contributed by atoms with Gasteiger partial charge in [-0.2, -0.15) is 0 Å². The average Bonchev–Trinajstić information content (AvgIpc) is 2.89. The number of amidine groups is 1. The Hall–Kier alpha value is -3.14. The van der Waals surface area contributed by atoms with Crippen molar-refractivity contribution in [1.82, 2.24) is 4.90 Å². The van der Waals surface area contributed by atoms with E-state index < -0.39 is 0 Å². The van der Waals surface area contributed by atoms with E-state index in [4.69, 9.17) is 4.74 Å². The van der Waals surface area contributed by atoms with Crippen LogP contribution >= 0.6 is 0 Å². The van der Waals surface area contributed by atoms with Crippen LogP contribution in [0.25, 0.3) is 12.2 Å². The molecule has 1 aliphatic rings. The van der Waals surface area contributed by atoms with Gasteiger partial charge < -0.3 is 4.74 Å². The predicted molar refractivity (Wildman–Crippen MR) is 96.7 cm³/mol. The zero-order valence-electron chi connectivity index (χ0n) is 13.6. The van der Waals surface area contributed by atoms with E-state index in [1.54, 1.807) is 25.1 Å². The second-order valence-corrected chi connectivity index (χ2v) is 5.38. The summed E-state index contributed by atoms with van der Waals surface area (Å²) in [5, 5.41) is 0. The first-order valence-corrected chi connectivity index (χ1v) is 7.63. The van der Waals surface area contributed by atoms with Gasteiger partial charge in [0.05, 0.1) is 7.11 Å². The fourth-order valence-electron chi connectivity index (χ4n) is 2.36. The Balaban J connectivity index is 1.83. The van der Waals surface area contributed by atoms with Crippen molar-refractivity contribution in [1.29, 1.82) is 0 Å². The number of benzene rings is 2. The number of ether oxygens (including phenoxy) is 1. The van der Waals surface area contributed by atoms with Crippen LogP contribution in [0.4, 0.5) is 0 Å². The van der Waals surface area contributed by atoms with Crippen LogP contribution in [0.1, 0.15) is 11.1 Å². The Morgan fingerprint density at radius 1 is 0.958 bits per heavy atom. The van der Waals surface area contributed by atoms with Crippen LogP contribution in [0.2, 0.25) is 0 Å². The fraction of sp³-hybridized carbons (Fsp3) is 0.100. The van der Waals surface area contributed by atoms with Crippen LogP contribution in [0.3, 0.4) is 0 Å². The Kier molecular flexibility index (Phi) is 4.57. The number of nitrogens with zero attached hydrogens (tertiary/aromatic N) is 2. The summed E-state index contributed by atoms with van der Waals surface area (Å²) in [4.78, 5) is 18.3. The van der Waals surface area contributed by atoms with E-state index in [-0.39, 0.29) is 5.91 Å². The molecule has 0 fully saturated rings. The second kappa shape index (κ2) is 6.96. The second-order valence-electron chi connectivity index (χ2n) is 5.38. The Bertz CT molecular complexity index is 818. The van der Waals surface area contributed by atoms with Crippen molar-refractivity contribution in [3.8, 4) is 5.75 Å². The summed E-state index contributed by atoms with van der Waals surface area (Å²) >= 11 is 0. The smallest absolute Gasteiger partial charge is 0.277 e. The summed E-state index contributed by atoms with van der Waals surface area (Å²) in [7, 11) is 3.35. The summed E-state index contributed by atoms with van der Waals surface area (Å²) in [6, 6.07) is 17.4. The molecule has 0 saturated carbocycles. The average molecular weight is 318 g/mol. The first kappa shape index (κ1) is 15.7. The number of rotatable bonds is 4. The molecule has 1 aliphatic heterocycles. The van der Waals surface area contributed by atoms with Gasteiger partial charge in [-0.25, -0.2) is 4.99 Å². The number of aliphatic imine (C=N–C) groups is 1. The summed E-state index contributed by atoms with van der Waals surface area (Å²) in [5.74, 6) is 1.30. The number of likely N-dealkylation sites (N-methyl/N-ethyl adjacent to an activating group) is 1. The number of carbonyl (C=O) groups is 1. The van der Waals surface area contributed by atoms with Crippen molar-refractivity contribution < 1.29 is 9.53 Å². The first-order valence-electron chi connectivity index (χ1n) is 7.63. The molecule has 2 aromatic carbocycles. The molecule has 0 aliphatic carbocycles. The Morgan fingerprint density at radius 3 is 2.33 bits per heavy atom. The maximum absolute atomic E-state index is 12.3. The van der Waals surface area contributed by atoms with Gasteiger partial charge in [-0.15, -0.1) is 0 Å². The van der Waals surface area contributed by atoms with Crippen LogP contribution in [0.15, 0.2) is 71.4 Å². The molecule has 1 amide bonds. The Morgan fingerprint density at radius 2 is 1.67 bits per heavy atom. The van der Waals surface area contributed by atoms with Gasteiger partial charge >= 0.3 is 0 Å². The quantitative estimate of drug-likeness (QED) is 0.808. The van der Waals surface area contributed by atoms with Gasteiger partial charge in [0.25, 0.3) is 5.91 Å². The largest absolute Gasteiger partial charge is 0.497 e.